The van der Waals surface area contributed by atoms with Crippen LogP contribution in [0.2, 0.25) is 10.0 Å². The molecule has 4 aromatic rings. The Morgan fingerprint density at radius 2 is 1.64 bits per heavy atom. The Balaban J connectivity index is 1.36. The zero-order valence-electron chi connectivity index (χ0n) is 28.8. The summed E-state index contributed by atoms with van der Waals surface area (Å²) in [5, 5.41) is 11.6. The van der Waals surface area contributed by atoms with Crippen LogP contribution in [-0.4, -0.2) is 45.8 Å². The third-order valence-corrected chi connectivity index (χ3v) is 14.0. The summed E-state index contributed by atoms with van der Waals surface area (Å²) in [7, 11) is 1.35. The minimum Gasteiger partial charge on any atom is -0.503 e. The number of hydrogen-bond acceptors (Lipinski definition) is 8. The number of amides is 4. The second kappa shape index (κ2) is 13.9. The molecule has 3 fully saturated rings. The Kier molecular flexibility index (Phi) is 9.53. The number of aromatic nitrogens is 1. The van der Waals surface area contributed by atoms with Crippen LogP contribution >= 0.6 is 55.1 Å². The van der Waals surface area contributed by atoms with Crippen molar-refractivity contribution in [3.8, 4) is 11.5 Å². The molecule has 56 heavy (non-hydrogen) atoms. The van der Waals surface area contributed by atoms with E-state index in [1.54, 1.807) is 60.7 Å². The molecule has 6 atom stereocenters. The molecule has 0 bridgehead atoms. The highest BCUT2D eigenvalue weighted by Crippen LogP contribution is 2.66. The first-order valence-electron chi connectivity index (χ1n) is 17.1. The van der Waals surface area contributed by atoms with E-state index < -0.39 is 69.5 Å². The smallest absolute Gasteiger partial charge is 0.417 e. The van der Waals surface area contributed by atoms with E-state index in [1.165, 1.54) is 12.0 Å². The van der Waals surface area contributed by atoms with E-state index in [1.807, 2.05) is 6.08 Å². The van der Waals surface area contributed by atoms with Crippen molar-refractivity contribution >= 4 is 90.2 Å². The Labute approximate surface area is 343 Å². The van der Waals surface area contributed by atoms with Crippen molar-refractivity contribution in [1.82, 2.24) is 9.99 Å². The highest BCUT2D eigenvalue weighted by atomic mass is 79.9. The quantitative estimate of drug-likeness (QED) is 0.145. The first-order valence-corrected chi connectivity index (χ1v) is 19.5. The SMILES string of the molecule is COc1cc([C@H]2C3=CC[C@@H]4C(=O)N(c5ccccc5)C(=O)[C@@H]4[C@@H]3C[C@H]3C(=O)N(Nc4ncc(C(F)(F)F)cc4Cl)C(=O)[C@@]23c2ccc(Cl)cc2)c(Br)c(Br)c1O. The number of anilines is 2. The van der Waals surface area contributed by atoms with Crippen molar-refractivity contribution in [2.24, 2.45) is 23.7 Å². The third kappa shape index (κ3) is 5.67. The Morgan fingerprint density at radius 1 is 0.946 bits per heavy atom. The molecule has 3 heterocycles. The van der Waals surface area contributed by atoms with E-state index in [0.29, 0.717) is 49.2 Å². The first kappa shape index (κ1) is 38.4. The minimum atomic E-state index is -4.76. The molecule has 0 radical (unpaired) electrons. The molecule has 17 heteroatoms. The predicted molar refractivity (Wildman–Crippen MR) is 206 cm³/mol. The summed E-state index contributed by atoms with van der Waals surface area (Å²) in [6.45, 7) is 0. The molecule has 2 aliphatic carbocycles. The Morgan fingerprint density at radius 3 is 2.29 bits per heavy atom. The molecule has 0 unspecified atom stereocenters. The lowest BCUT2D eigenvalue weighted by molar-refractivity contribution is -0.139. The molecule has 4 aliphatic rings. The monoisotopic (exact) mass is 932 g/mol. The summed E-state index contributed by atoms with van der Waals surface area (Å²) in [6.07, 6.45) is -2.31. The molecule has 0 spiro atoms. The number of nitrogens with one attached hydrogen (secondary N) is 1. The topological polar surface area (TPSA) is 129 Å². The van der Waals surface area contributed by atoms with Gasteiger partial charge in [-0.25, -0.2) is 4.98 Å². The van der Waals surface area contributed by atoms with Crippen LogP contribution in [0.3, 0.4) is 0 Å². The van der Waals surface area contributed by atoms with Crippen LogP contribution in [0.1, 0.15) is 35.4 Å². The number of carbonyl (C=O) groups excluding carboxylic acids is 4. The number of pyridine rings is 1. The van der Waals surface area contributed by atoms with Crippen molar-refractivity contribution in [2.45, 2.75) is 30.4 Å². The van der Waals surface area contributed by atoms with Gasteiger partial charge in [0.1, 0.15) is 0 Å². The molecule has 1 saturated carbocycles. The number of allylic oxidation sites excluding steroid dienone is 2. The van der Waals surface area contributed by atoms with Gasteiger partial charge in [0.15, 0.2) is 17.3 Å². The molecule has 2 aliphatic heterocycles. The van der Waals surface area contributed by atoms with Gasteiger partial charge in [0, 0.05) is 21.6 Å². The number of ether oxygens (including phenoxy) is 1. The van der Waals surface area contributed by atoms with Gasteiger partial charge in [0.25, 0.3) is 11.8 Å². The fraction of sp³-hybridized carbons (Fsp3) is 0.256. The lowest BCUT2D eigenvalue weighted by atomic mass is 9.49. The number of phenolic OH excluding ortho intramolecular Hbond substituents is 1. The summed E-state index contributed by atoms with van der Waals surface area (Å²) in [4.78, 5) is 63.9. The van der Waals surface area contributed by atoms with Gasteiger partial charge in [-0.05, 0) is 98.1 Å². The molecule has 3 aromatic carbocycles. The number of nitrogens with zero attached hydrogens (tertiary/aromatic N) is 3. The normalized spacial score (nSPS) is 25.9. The van der Waals surface area contributed by atoms with E-state index in [2.05, 4.69) is 42.3 Å². The van der Waals surface area contributed by atoms with Gasteiger partial charge in [-0.2, -0.15) is 18.2 Å². The molecule has 8 rings (SSSR count). The molecule has 4 amide bonds. The van der Waals surface area contributed by atoms with Crippen LogP contribution < -0.4 is 15.1 Å². The number of hydrazine groups is 1. The van der Waals surface area contributed by atoms with E-state index in [9.17, 15) is 32.7 Å². The third-order valence-electron chi connectivity index (χ3n) is 11.3. The van der Waals surface area contributed by atoms with Crippen LogP contribution in [0.25, 0.3) is 0 Å². The lowest BCUT2D eigenvalue weighted by Crippen LogP contribution is -2.53. The summed E-state index contributed by atoms with van der Waals surface area (Å²) in [5.41, 5.74) is 1.43. The summed E-state index contributed by atoms with van der Waals surface area (Å²) < 4.78 is 46.6. The van der Waals surface area contributed by atoms with Crippen molar-refractivity contribution in [3.63, 3.8) is 0 Å². The molecule has 288 valence electrons. The number of para-hydroxylation sites is 1. The van der Waals surface area contributed by atoms with Gasteiger partial charge in [0.2, 0.25) is 11.8 Å². The average Bonchev–Trinajstić information content (AvgIpc) is 3.55. The van der Waals surface area contributed by atoms with Gasteiger partial charge in [-0.15, -0.1) is 0 Å². The second-order valence-electron chi connectivity index (χ2n) is 13.9. The number of aromatic hydroxyl groups is 1. The van der Waals surface area contributed by atoms with Crippen molar-refractivity contribution in [3.05, 3.63) is 120 Å². The number of hydrogen-bond donors (Lipinski definition) is 2. The van der Waals surface area contributed by atoms with Crippen LogP contribution in [0, 0.1) is 23.7 Å². The maximum atomic E-state index is 15.5. The summed E-state index contributed by atoms with van der Waals surface area (Å²) in [6, 6.07) is 17.1. The number of benzene rings is 3. The number of methoxy groups -OCH3 is 1. The number of halogens is 7. The van der Waals surface area contributed by atoms with Gasteiger partial charge in [-0.3, -0.25) is 29.5 Å². The summed E-state index contributed by atoms with van der Waals surface area (Å²) in [5.74, 6) is -7.73. The zero-order valence-corrected chi connectivity index (χ0v) is 33.5. The summed E-state index contributed by atoms with van der Waals surface area (Å²) >= 11 is 19.7. The number of fused-ring (bicyclic) bond motifs is 4. The lowest BCUT2D eigenvalue weighted by Gasteiger charge is -2.51. The fourth-order valence-corrected chi connectivity index (χ4v) is 10.2. The van der Waals surface area contributed by atoms with E-state index in [4.69, 9.17) is 27.9 Å². The van der Waals surface area contributed by atoms with Gasteiger partial charge >= 0.3 is 6.18 Å². The molecular formula is C39H27Br2Cl2F3N4O6. The van der Waals surface area contributed by atoms with E-state index >= 15 is 4.79 Å². The highest BCUT2D eigenvalue weighted by molar-refractivity contribution is 9.13. The molecule has 2 N–H and O–H groups in total. The molecule has 1 aromatic heterocycles. The number of imide groups is 2. The van der Waals surface area contributed by atoms with Crippen molar-refractivity contribution < 1.29 is 42.2 Å². The highest BCUT2D eigenvalue weighted by Gasteiger charge is 2.70. The van der Waals surface area contributed by atoms with Crippen LogP contribution in [-0.2, 0) is 30.8 Å². The van der Waals surface area contributed by atoms with E-state index in [-0.39, 0.29) is 40.5 Å². The van der Waals surface area contributed by atoms with Crippen molar-refractivity contribution in [1.29, 1.82) is 0 Å². The maximum absolute atomic E-state index is 15.5. The standard InChI is InChI=1S/C39H27Br2Cl2F3N4O6/c1-56-27-15-24(30(40)31(41)32(27)51)29-21-11-12-22-28(36(54)49(34(22)52)20-5-3-2-4-6-20)23(21)14-25-35(53)50(37(55)38(25,29)17-7-9-19(42)10-8-17)48-33-26(43)13-18(16-47-33)39(44,45)46/h2-11,13,15-16,22-23,25,28-29,51H,12,14H2,1H3,(H,47,48)/t22-,23+,25-,28-,29+,38+/m0/s1. The Hall–Kier alpha value is -4.44. The number of carbonyl (C=O) groups is 4. The van der Waals surface area contributed by atoms with Gasteiger partial charge in [0.05, 0.1) is 51.0 Å². The minimum absolute atomic E-state index is 0.0316. The first-order chi connectivity index (χ1) is 26.6. The number of alkyl halides is 3. The van der Waals surface area contributed by atoms with Crippen LogP contribution in [0.4, 0.5) is 24.7 Å². The maximum Gasteiger partial charge on any atom is 0.417 e. The van der Waals surface area contributed by atoms with Crippen LogP contribution in [0.15, 0.2) is 93.5 Å². The fourth-order valence-electron chi connectivity index (χ4n) is 8.94. The van der Waals surface area contributed by atoms with Gasteiger partial charge in [-0.1, -0.05) is 65.2 Å². The number of rotatable bonds is 6. The van der Waals surface area contributed by atoms with E-state index in [0.717, 1.165) is 0 Å². The van der Waals surface area contributed by atoms with Crippen LogP contribution in [0.5, 0.6) is 11.5 Å². The molecule has 10 nitrogen and oxygen atoms in total. The van der Waals surface area contributed by atoms with Crippen molar-refractivity contribution in [2.75, 3.05) is 17.4 Å². The average molecular weight is 935 g/mol. The largest absolute Gasteiger partial charge is 0.503 e. The number of phenols is 1. The zero-order chi connectivity index (χ0) is 40.0. The van der Waals surface area contributed by atoms with Gasteiger partial charge < -0.3 is 9.84 Å². The molecule has 2 saturated heterocycles. The Bertz CT molecular complexity index is 2380. The predicted octanol–water partition coefficient (Wildman–Crippen LogP) is 8.84. The molecular weight excluding hydrogens is 908 g/mol. The second-order valence-corrected chi connectivity index (χ2v) is 16.3.